The number of nitrogens with zero attached hydrogens (tertiary/aromatic N) is 1. The molecule has 0 saturated heterocycles. The fraction of sp³-hybridized carbons (Fsp3) is 0.333. The average Bonchev–Trinajstić information content (AvgIpc) is 2.75. The van der Waals surface area contributed by atoms with Gasteiger partial charge in [-0.3, -0.25) is 4.90 Å². The fourth-order valence-electron chi connectivity index (χ4n) is 3.39. The van der Waals surface area contributed by atoms with Crippen LogP contribution in [0, 0.1) is 6.92 Å². The minimum Gasteiger partial charge on any atom is -0.492 e. The van der Waals surface area contributed by atoms with E-state index in [2.05, 4.69) is 10.6 Å². The number of benzene rings is 2. The van der Waals surface area contributed by atoms with Crippen molar-refractivity contribution in [1.82, 2.24) is 15.5 Å². The quantitative estimate of drug-likeness (QED) is 0.606. The second-order valence-corrected chi connectivity index (χ2v) is 7.45. The van der Waals surface area contributed by atoms with E-state index >= 15 is 0 Å². The van der Waals surface area contributed by atoms with Gasteiger partial charge in [0.05, 0.1) is 18.2 Å². The van der Waals surface area contributed by atoms with Crippen LogP contribution in [0.5, 0.6) is 5.75 Å². The lowest BCUT2D eigenvalue weighted by molar-refractivity contribution is -0.139. The molecule has 1 atom stereocenters. The summed E-state index contributed by atoms with van der Waals surface area (Å²) >= 11 is 0. The number of carbonyl (C=O) groups is 2. The average molecular weight is 424 g/mol. The van der Waals surface area contributed by atoms with Crippen molar-refractivity contribution in [3.8, 4) is 5.75 Å². The molecule has 1 aliphatic rings. The SMILES string of the molecule is CCOC(=O)C1=C(CN(C)CCOc2ccc(C)cc2)NC(=O)NC1c1ccccc1. The van der Waals surface area contributed by atoms with Crippen LogP contribution >= 0.6 is 0 Å². The Morgan fingerprint density at radius 3 is 2.48 bits per heavy atom. The Balaban J connectivity index is 1.74. The molecule has 31 heavy (non-hydrogen) atoms. The van der Waals surface area contributed by atoms with Crippen molar-refractivity contribution in [2.24, 2.45) is 0 Å². The summed E-state index contributed by atoms with van der Waals surface area (Å²) in [6, 6.07) is 16.4. The molecule has 1 aliphatic heterocycles. The van der Waals surface area contributed by atoms with Crippen molar-refractivity contribution in [3.63, 3.8) is 0 Å². The summed E-state index contributed by atoms with van der Waals surface area (Å²) in [5, 5.41) is 5.64. The van der Waals surface area contributed by atoms with E-state index in [1.54, 1.807) is 6.92 Å². The molecule has 1 heterocycles. The Bertz CT molecular complexity index is 926. The number of hydrogen-bond donors (Lipinski definition) is 2. The molecule has 0 radical (unpaired) electrons. The minimum absolute atomic E-state index is 0.255. The molecule has 0 bridgehead atoms. The lowest BCUT2D eigenvalue weighted by Crippen LogP contribution is -2.48. The number of nitrogens with one attached hydrogen (secondary N) is 2. The molecule has 0 fully saturated rings. The standard InChI is InChI=1S/C24H29N3O4/c1-4-30-23(28)21-20(25-24(29)26-22(21)18-8-6-5-7-9-18)16-27(3)14-15-31-19-12-10-17(2)11-13-19/h5-13,22H,4,14-16H2,1-3H3,(H2,25,26,29). The molecule has 0 aliphatic carbocycles. The first-order chi connectivity index (χ1) is 15.0. The van der Waals surface area contributed by atoms with Crippen LogP contribution in [0.2, 0.25) is 0 Å². The third-order valence-electron chi connectivity index (χ3n) is 4.97. The molecule has 164 valence electrons. The fourth-order valence-corrected chi connectivity index (χ4v) is 3.39. The number of carbonyl (C=O) groups excluding carboxylic acids is 2. The summed E-state index contributed by atoms with van der Waals surface area (Å²) in [6.07, 6.45) is 0. The maximum atomic E-state index is 12.8. The smallest absolute Gasteiger partial charge is 0.338 e. The van der Waals surface area contributed by atoms with Gasteiger partial charge in [0.15, 0.2) is 0 Å². The summed E-state index contributed by atoms with van der Waals surface area (Å²) in [5.74, 6) is 0.368. The number of hydrogen-bond acceptors (Lipinski definition) is 5. The van der Waals surface area contributed by atoms with Gasteiger partial charge in [-0.25, -0.2) is 9.59 Å². The van der Waals surface area contributed by atoms with Gasteiger partial charge in [-0.05, 0) is 38.6 Å². The second-order valence-electron chi connectivity index (χ2n) is 7.45. The van der Waals surface area contributed by atoms with Crippen molar-refractivity contribution < 1.29 is 19.1 Å². The predicted octanol–water partition coefficient (Wildman–Crippen LogP) is 3.18. The summed E-state index contributed by atoms with van der Waals surface area (Å²) in [7, 11) is 1.92. The van der Waals surface area contributed by atoms with Gasteiger partial charge in [-0.2, -0.15) is 0 Å². The maximum Gasteiger partial charge on any atom is 0.338 e. The zero-order valence-corrected chi connectivity index (χ0v) is 18.2. The van der Waals surface area contributed by atoms with Crippen molar-refractivity contribution >= 4 is 12.0 Å². The molecule has 0 spiro atoms. The topological polar surface area (TPSA) is 79.9 Å². The molecule has 7 heteroatoms. The third kappa shape index (κ3) is 6.08. The van der Waals surface area contributed by atoms with Gasteiger partial charge in [0.25, 0.3) is 0 Å². The molecule has 2 N–H and O–H groups in total. The number of rotatable bonds is 9. The first kappa shape index (κ1) is 22.4. The molecule has 2 aromatic carbocycles. The second kappa shape index (κ2) is 10.6. The highest BCUT2D eigenvalue weighted by molar-refractivity contribution is 5.95. The Morgan fingerprint density at radius 1 is 1.10 bits per heavy atom. The molecule has 0 aromatic heterocycles. The van der Waals surface area contributed by atoms with Crippen LogP contribution in [0.1, 0.15) is 24.1 Å². The molecule has 2 amide bonds. The number of esters is 1. The zero-order valence-electron chi connectivity index (χ0n) is 18.2. The molecule has 0 saturated carbocycles. The van der Waals surface area contributed by atoms with E-state index < -0.39 is 12.0 Å². The minimum atomic E-state index is -0.568. The highest BCUT2D eigenvalue weighted by Crippen LogP contribution is 2.28. The molecule has 3 rings (SSSR count). The number of urea groups is 1. The van der Waals surface area contributed by atoms with Crippen LogP contribution in [0.15, 0.2) is 65.9 Å². The largest absolute Gasteiger partial charge is 0.492 e. The first-order valence-electron chi connectivity index (χ1n) is 10.4. The predicted molar refractivity (Wildman–Crippen MR) is 119 cm³/mol. The van der Waals surface area contributed by atoms with E-state index in [0.29, 0.717) is 31.0 Å². The highest BCUT2D eigenvalue weighted by atomic mass is 16.5. The Kier molecular flexibility index (Phi) is 7.67. The molecular weight excluding hydrogens is 394 g/mol. The van der Waals surface area contributed by atoms with Crippen LogP contribution in [0.3, 0.4) is 0 Å². The number of likely N-dealkylation sites (N-methyl/N-ethyl adjacent to an activating group) is 1. The summed E-state index contributed by atoms with van der Waals surface area (Å²) < 4.78 is 11.1. The Morgan fingerprint density at radius 2 is 1.81 bits per heavy atom. The van der Waals surface area contributed by atoms with Gasteiger partial charge >= 0.3 is 12.0 Å². The third-order valence-corrected chi connectivity index (χ3v) is 4.97. The zero-order chi connectivity index (χ0) is 22.2. The van der Waals surface area contributed by atoms with E-state index in [0.717, 1.165) is 11.3 Å². The van der Waals surface area contributed by atoms with E-state index in [1.807, 2.05) is 73.5 Å². The summed E-state index contributed by atoms with van der Waals surface area (Å²) in [6.45, 7) is 5.53. The van der Waals surface area contributed by atoms with Crippen molar-refractivity contribution in [2.75, 3.05) is 33.4 Å². The number of amides is 2. The maximum absolute atomic E-state index is 12.8. The Labute approximate surface area is 183 Å². The van der Waals surface area contributed by atoms with E-state index in [1.165, 1.54) is 5.56 Å². The lowest BCUT2D eigenvalue weighted by Gasteiger charge is -2.31. The highest BCUT2D eigenvalue weighted by Gasteiger charge is 2.33. The molecule has 7 nitrogen and oxygen atoms in total. The van der Waals surface area contributed by atoms with Gasteiger partial charge in [-0.1, -0.05) is 48.0 Å². The molecule has 1 unspecified atom stereocenters. The molecule has 2 aromatic rings. The van der Waals surface area contributed by atoms with Gasteiger partial charge in [-0.15, -0.1) is 0 Å². The van der Waals surface area contributed by atoms with Gasteiger partial charge < -0.3 is 20.1 Å². The summed E-state index contributed by atoms with van der Waals surface area (Å²) in [4.78, 5) is 27.1. The normalized spacial score (nSPS) is 16.0. The lowest BCUT2D eigenvalue weighted by atomic mass is 9.95. The van der Waals surface area contributed by atoms with Crippen LogP contribution in [-0.2, 0) is 9.53 Å². The van der Waals surface area contributed by atoms with E-state index in [9.17, 15) is 9.59 Å². The number of aryl methyl sites for hydroxylation is 1. The van der Waals surface area contributed by atoms with Crippen molar-refractivity contribution in [3.05, 3.63) is 77.0 Å². The number of ether oxygens (including phenoxy) is 2. The van der Waals surface area contributed by atoms with Gasteiger partial charge in [0, 0.05) is 18.8 Å². The van der Waals surface area contributed by atoms with Crippen LogP contribution in [0.25, 0.3) is 0 Å². The summed E-state index contributed by atoms with van der Waals surface area (Å²) in [5.41, 5.74) is 2.95. The van der Waals surface area contributed by atoms with Gasteiger partial charge in [0.2, 0.25) is 0 Å². The first-order valence-corrected chi connectivity index (χ1v) is 10.4. The van der Waals surface area contributed by atoms with E-state index in [4.69, 9.17) is 9.47 Å². The van der Waals surface area contributed by atoms with E-state index in [-0.39, 0.29) is 12.6 Å². The van der Waals surface area contributed by atoms with Gasteiger partial charge in [0.1, 0.15) is 12.4 Å². The van der Waals surface area contributed by atoms with Crippen LogP contribution in [-0.4, -0.2) is 50.3 Å². The van der Waals surface area contributed by atoms with Crippen LogP contribution in [0.4, 0.5) is 4.79 Å². The van der Waals surface area contributed by atoms with Crippen LogP contribution < -0.4 is 15.4 Å². The molecular formula is C24H29N3O4. The Hall–Kier alpha value is -3.32. The monoisotopic (exact) mass is 423 g/mol. The van der Waals surface area contributed by atoms with Crippen molar-refractivity contribution in [1.29, 1.82) is 0 Å². The van der Waals surface area contributed by atoms with Crippen molar-refractivity contribution in [2.45, 2.75) is 19.9 Å².